The summed E-state index contributed by atoms with van der Waals surface area (Å²) in [7, 11) is -3.60. The van der Waals surface area contributed by atoms with Crippen molar-refractivity contribution in [2.45, 2.75) is 44.6 Å². The second-order valence-electron chi connectivity index (χ2n) is 7.64. The van der Waals surface area contributed by atoms with Crippen LogP contribution in [0.1, 0.15) is 42.6 Å². The van der Waals surface area contributed by atoms with E-state index in [-0.39, 0.29) is 16.8 Å². The van der Waals surface area contributed by atoms with Crippen LogP contribution in [0.4, 0.5) is 5.69 Å². The van der Waals surface area contributed by atoms with E-state index >= 15 is 0 Å². The van der Waals surface area contributed by atoms with Gasteiger partial charge in [-0.05, 0) is 49.6 Å². The van der Waals surface area contributed by atoms with Gasteiger partial charge in [0.1, 0.15) is 0 Å². The van der Waals surface area contributed by atoms with Gasteiger partial charge in [-0.25, -0.2) is 8.42 Å². The van der Waals surface area contributed by atoms with Gasteiger partial charge in [0.15, 0.2) is 0 Å². The predicted octanol–water partition coefficient (Wildman–Crippen LogP) is 3.42. The summed E-state index contributed by atoms with van der Waals surface area (Å²) in [6.45, 7) is 8.01. The van der Waals surface area contributed by atoms with Crippen molar-refractivity contribution in [2.24, 2.45) is 0 Å². The Balaban J connectivity index is 1.69. The molecule has 0 unspecified atom stereocenters. The smallest absolute Gasteiger partial charge is 0.251 e. The Hall–Kier alpha value is -2.38. The maximum atomic E-state index is 12.9. The molecule has 162 valence electrons. The number of hydrogen-bond donors (Lipinski definition) is 1. The summed E-state index contributed by atoms with van der Waals surface area (Å²) in [6.07, 6.45) is 1.72. The van der Waals surface area contributed by atoms with E-state index in [1.165, 1.54) is 16.1 Å². The average molecular weight is 430 g/mol. The molecule has 6 nitrogen and oxygen atoms in total. The first-order valence-corrected chi connectivity index (χ1v) is 12.0. The summed E-state index contributed by atoms with van der Waals surface area (Å²) >= 11 is 0. The van der Waals surface area contributed by atoms with Gasteiger partial charge in [0.2, 0.25) is 10.0 Å². The Morgan fingerprint density at radius 2 is 1.70 bits per heavy atom. The molecule has 0 bridgehead atoms. The van der Waals surface area contributed by atoms with Crippen molar-refractivity contribution < 1.29 is 13.2 Å². The number of rotatable bonds is 7. The molecule has 1 saturated heterocycles. The lowest BCUT2D eigenvalue weighted by Crippen LogP contribution is -2.44. The minimum absolute atomic E-state index is 0.0832. The molecule has 2 aromatic carbocycles. The van der Waals surface area contributed by atoms with E-state index < -0.39 is 10.0 Å². The number of anilines is 1. The largest absolute Gasteiger partial charge is 0.371 e. The fraction of sp³-hybridized carbons (Fsp3) is 0.435. The quantitative estimate of drug-likeness (QED) is 0.732. The van der Waals surface area contributed by atoms with Crippen molar-refractivity contribution in [2.75, 3.05) is 31.1 Å². The number of carbonyl (C=O) groups is 1. The molecule has 0 saturated carbocycles. The summed E-state index contributed by atoms with van der Waals surface area (Å²) in [4.78, 5) is 15.4. The van der Waals surface area contributed by atoms with Crippen LogP contribution in [0.2, 0.25) is 0 Å². The molecule has 30 heavy (non-hydrogen) atoms. The highest BCUT2D eigenvalue weighted by Crippen LogP contribution is 2.22. The number of aryl methyl sites for hydroxylation is 1. The maximum Gasteiger partial charge on any atom is 0.251 e. The third kappa shape index (κ3) is 4.84. The van der Waals surface area contributed by atoms with Crippen LogP contribution >= 0.6 is 0 Å². The van der Waals surface area contributed by atoms with Gasteiger partial charge in [-0.1, -0.05) is 38.1 Å². The van der Waals surface area contributed by atoms with Crippen LogP contribution in [0.25, 0.3) is 0 Å². The van der Waals surface area contributed by atoms with E-state index in [1.54, 1.807) is 12.1 Å². The number of piperidine rings is 1. The van der Waals surface area contributed by atoms with Crippen molar-refractivity contribution in [3.63, 3.8) is 0 Å². The first kappa shape index (κ1) is 22.3. The second kappa shape index (κ2) is 9.62. The van der Waals surface area contributed by atoms with E-state index in [9.17, 15) is 13.2 Å². The third-order valence-electron chi connectivity index (χ3n) is 5.75. The molecule has 1 aliphatic heterocycles. The highest BCUT2D eigenvalue weighted by Gasteiger charge is 2.25. The van der Waals surface area contributed by atoms with Gasteiger partial charge in [0.25, 0.3) is 5.91 Å². The molecule has 2 aromatic rings. The van der Waals surface area contributed by atoms with Gasteiger partial charge >= 0.3 is 0 Å². The Kier molecular flexibility index (Phi) is 7.15. The van der Waals surface area contributed by atoms with Crippen LogP contribution in [0, 0.1) is 6.92 Å². The summed E-state index contributed by atoms with van der Waals surface area (Å²) in [6, 6.07) is 15.2. The first-order valence-electron chi connectivity index (χ1n) is 10.6. The fourth-order valence-corrected chi connectivity index (χ4v) is 5.39. The second-order valence-corrected chi connectivity index (χ2v) is 9.57. The standard InChI is InChI=1S/C23H31N3O3S/c1-4-26(5-2)30(28,29)21-12-11-18(3)22(17-21)23(27)24-19-13-15-25(16-14-19)20-9-7-6-8-10-20/h6-12,17,19H,4-5,13-16H2,1-3H3,(H,24,27). The van der Waals surface area contributed by atoms with E-state index in [0.29, 0.717) is 18.7 Å². The number of amides is 1. The third-order valence-corrected chi connectivity index (χ3v) is 7.79. The zero-order valence-corrected chi connectivity index (χ0v) is 18.8. The van der Waals surface area contributed by atoms with Gasteiger partial charge < -0.3 is 10.2 Å². The predicted molar refractivity (Wildman–Crippen MR) is 120 cm³/mol. The molecule has 1 heterocycles. The molecular formula is C23H31N3O3S. The average Bonchev–Trinajstić information content (AvgIpc) is 2.75. The van der Waals surface area contributed by atoms with Gasteiger partial charge in [0, 0.05) is 43.5 Å². The maximum absolute atomic E-state index is 12.9. The van der Waals surface area contributed by atoms with Crippen LogP contribution in [0.5, 0.6) is 0 Å². The van der Waals surface area contributed by atoms with Crippen LogP contribution < -0.4 is 10.2 Å². The molecule has 1 amide bonds. The van der Waals surface area contributed by atoms with Crippen LogP contribution in [0.15, 0.2) is 53.4 Å². The molecule has 0 atom stereocenters. The molecule has 1 aliphatic rings. The molecule has 1 N–H and O–H groups in total. The summed E-state index contributed by atoms with van der Waals surface area (Å²) in [5.41, 5.74) is 2.40. The van der Waals surface area contributed by atoms with Crippen molar-refractivity contribution in [1.82, 2.24) is 9.62 Å². The number of sulfonamides is 1. The summed E-state index contributed by atoms with van der Waals surface area (Å²) in [5, 5.41) is 3.11. The zero-order valence-electron chi connectivity index (χ0n) is 18.0. The highest BCUT2D eigenvalue weighted by molar-refractivity contribution is 7.89. The lowest BCUT2D eigenvalue weighted by atomic mass is 10.0. The van der Waals surface area contributed by atoms with Gasteiger partial charge in [-0.15, -0.1) is 0 Å². The number of carbonyl (C=O) groups excluding carboxylic acids is 1. The van der Waals surface area contributed by atoms with E-state index in [0.717, 1.165) is 31.5 Å². The molecule has 0 radical (unpaired) electrons. The minimum atomic E-state index is -3.60. The number of benzene rings is 2. The fourth-order valence-electron chi connectivity index (χ4n) is 3.90. The number of nitrogens with zero attached hydrogens (tertiary/aromatic N) is 2. The van der Waals surface area contributed by atoms with E-state index in [1.807, 2.05) is 39.0 Å². The lowest BCUT2D eigenvalue weighted by Gasteiger charge is -2.34. The van der Waals surface area contributed by atoms with Crippen LogP contribution in [-0.2, 0) is 10.0 Å². The molecule has 0 aromatic heterocycles. The Morgan fingerprint density at radius 3 is 2.30 bits per heavy atom. The van der Waals surface area contributed by atoms with Crippen LogP contribution in [-0.4, -0.2) is 50.9 Å². The molecular weight excluding hydrogens is 398 g/mol. The first-order chi connectivity index (χ1) is 14.4. The Bertz CT molecular complexity index is 964. The summed E-state index contributed by atoms with van der Waals surface area (Å²) < 4.78 is 27.1. The highest BCUT2D eigenvalue weighted by atomic mass is 32.2. The number of para-hydroxylation sites is 1. The molecule has 0 spiro atoms. The van der Waals surface area contributed by atoms with Gasteiger partial charge in [-0.2, -0.15) is 4.31 Å². The van der Waals surface area contributed by atoms with Crippen molar-refractivity contribution in [1.29, 1.82) is 0 Å². The number of hydrogen-bond acceptors (Lipinski definition) is 4. The van der Waals surface area contributed by atoms with Crippen molar-refractivity contribution in [3.05, 3.63) is 59.7 Å². The van der Waals surface area contributed by atoms with Crippen molar-refractivity contribution in [3.8, 4) is 0 Å². The monoisotopic (exact) mass is 429 g/mol. The van der Waals surface area contributed by atoms with Gasteiger partial charge in [0.05, 0.1) is 4.90 Å². The molecule has 3 rings (SSSR count). The zero-order chi connectivity index (χ0) is 21.7. The molecule has 0 aliphatic carbocycles. The number of nitrogens with one attached hydrogen (secondary N) is 1. The van der Waals surface area contributed by atoms with Crippen LogP contribution in [0.3, 0.4) is 0 Å². The lowest BCUT2D eigenvalue weighted by molar-refractivity contribution is 0.0930. The molecule has 1 fully saturated rings. The Labute approximate surface area is 179 Å². The topological polar surface area (TPSA) is 69.7 Å². The Morgan fingerprint density at radius 1 is 1.07 bits per heavy atom. The normalized spacial score (nSPS) is 15.4. The van der Waals surface area contributed by atoms with E-state index in [2.05, 4.69) is 22.3 Å². The molecule has 7 heteroatoms. The van der Waals surface area contributed by atoms with Crippen molar-refractivity contribution >= 4 is 21.6 Å². The van der Waals surface area contributed by atoms with E-state index in [4.69, 9.17) is 0 Å². The minimum Gasteiger partial charge on any atom is -0.371 e. The SMILES string of the molecule is CCN(CC)S(=O)(=O)c1ccc(C)c(C(=O)NC2CCN(c3ccccc3)CC2)c1. The van der Waals surface area contributed by atoms with Gasteiger partial charge in [-0.3, -0.25) is 4.79 Å². The summed E-state index contributed by atoms with van der Waals surface area (Å²) in [5.74, 6) is -0.206.